The van der Waals surface area contributed by atoms with Gasteiger partial charge in [-0.2, -0.15) is 0 Å². The van der Waals surface area contributed by atoms with Gasteiger partial charge in [0.05, 0.1) is 11.0 Å². The number of sulfonamides is 1. The monoisotopic (exact) mass is 329 g/mol. The van der Waals surface area contributed by atoms with E-state index in [0.717, 1.165) is 0 Å². The molecular formula is C14H13ClFNO3S. The van der Waals surface area contributed by atoms with Crippen molar-refractivity contribution < 1.29 is 17.9 Å². The van der Waals surface area contributed by atoms with E-state index in [9.17, 15) is 17.9 Å². The van der Waals surface area contributed by atoms with Gasteiger partial charge < -0.3 is 5.11 Å². The van der Waals surface area contributed by atoms with Crippen LogP contribution in [0.25, 0.3) is 0 Å². The van der Waals surface area contributed by atoms with Crippen LogP contribution in [0, 0.1) is 5.82 Å². The predicted molar refractivity (Wildman–Crippen MR) is 78.0 cm³/mol. The Bertz CT molecular complexity index is 702. The lowest BCUT2D eigenvalue weighted by molar-refractivity contribution is 0.182. The first-order valence-electron chi connectivity index (χ1n) is 6.07. The number of aliphatic hydroxyl groups excluding tert-OH is 1. The van der Waals surface area contributed by atoms with Gasteiger partial charge >= 0.3 is 0 Å². The van der Waals surface area contributed by atoms with Gasteiger partial charge in [0.1, 0.15) is 5.82 Å². The Balaban J connectivity index is 2.04. The van der Waals surface area contributed by atoms with Crippen molar-refractivity contribution in [3.8, 4) is 0 Å². The average Bonchev–Trinajstić information content (AvgIpc) is 2.46. The zero-order chi connectivity index (χ0) is 15.5. The van der Waals surface area contributed by atoms with Crippen LogP contribution in [0.2, 0.25) is 5.02 Å². The van der Waals surface area contributed by atoms with E-state index >= 15 is 0 Å². The minimum absolute atomic E-state index is 0.0539. The van der Waals surface area contributed by atoms with Gasteiger partial charge in [0.25, 0.3) is 0 Å². The zero-order valence-electron chi connectivity index (χ0n) is 10.8. The normalized spacial score (nSPS) is 13.1. The highest BCUT2D eigenvalue weighted by Gasteiger charge is 2.16. The summed E-state index contributed by atoms with van der Waals surface area (Å²) >= 11 is 5.70. The molecule has 2 aromatic rings. The minimum Gasteiger partial charge on any atom is -0.387 e. The number of benzene rings is 2. The summed E-state index contributed by atoms with van der Waals surface area (Å²) in [6.45, 7) is -0.212. The molecule has 0 aliphatic heterocycles. The summed E-state index contributed by atoms with van der Waals surface area (Å²) in [5.41, 5.74) is 0.426. The topological polar surface area (TPSA) is 66.4 Å². The molecule has 112 valence electrons. The maximum atomic E-state index is 12.8. The summed E-state index contributed by atoms with van der Waals surface area (Å²) in [5, 5.41) is 10.3. The standard InChI is InChI=1S/C14H13ClFNO3S/c15-11-3-7-13(8-4-11)21(19,20)17-9-14(18)10-1-5-12(16)6-2-10/h1-8,14,17-18H,9H2. The second kappa shape index (κ2) is 6.53. The maximum absolute atomic E-state index is 12.8. The second-order valence-corrected chi connectivity index (χ2v) is 6.58. The summed E-state index contributed by atoms with van der Waals surface area (Å²) in [4.78, 5) is 0.0539. The minimum atomic E-state index is -3.73. The molecule has 0 spiro atoms. The molecule has 2 aromatic carbocycles. The van der Waals surface area contributed by atoms with E-state index < -0.39 is 21.9 Å². The van der Waals surface area contributed by atoms with Crippen LogP contribution in [0.1, 0.15) is 11.7 Å². The smallest absolute Gasteiger partial charge is 0.240 e. The van der Waals surface area contributed by atoms with E-state index in [1.165, 1.54) is 48.5 Å². The van der Waals surface area contributed by atoms with Gasteiger partial charge in [-0.25, -0.2) is 17.5 Å². The molecule has 7 heteroatoms. The van der Waals surface area contributed by atoms with Crippen molar-refractivity contribution in [1.29, 1.82) is 0 Å². The quantitative estimate of drug-likeness (QED) is 0.885. The molecule has 0 heterocycles. The number of nitrogens with one attached hydrogen (secondary N) is 1. The van der Waals surface area contributed by atoms with Crippen molar-refractivity contribution in [2.45, 2.75) is 11.0 Å². The molecule has 0 amide bonds. The van der Waals surface area contributed by atoms with E-state index in [1.54, 1.807) is 0 Å². The molecule has 0 bridgehead atoms. The van der Waals surface area contributed by atoms with Gasteiger partial charge in [-0.05, 0) is 42.0 Å². The highest BCUT2D eigenvalue weighted by Crippen LogP contribution is 2.16. The Morgan fingerprint density at radius 1 is 1.10 bits per heavy atom. The van der Waals surface area contributed by atoms with Gasteiger partial charge in [0, 0.05) is 11.6 Å². The first kappa shape index (κ1) is 15.9. The van der Waals surface area contributed by atoms with Crippen LogP contribution >= 0.6 is 11.6 Å². The lowest BCUT2D eigenvalue weighted by atomic mass is 10.1. The molecular weight excluding hydrogens is 317 g/mol. The molecule has 0 radical (unpaired) electrons. The largest absolute Gasteiger partial charge is 0.387 e. The lowest BCUT2D eigenvalue weighted by Crippen LogP contribution is -2.28. The number of halogens is 2. The first-order chi connectivity index (χ1) is 9.88. The summed E-state index contributed by atoms with van der Waals surface area (Å²) < 4.78 is 39.1. The van der Waals surface area contributed by atoms with Crippen molar-refractivity contribution >= 4 is 21.6 Å². The molecule has 1 atom stereocenters. The van der Waals surface area contributed by atoms with E-state index in [0.29, 0.717) is 10.6 Å². The predicted octanol–water partition coefficient (Wildman–Crippen LogP) is 2.49. The molecule has 1 unspecified atom stereocenters. The second-order valence-electron chi connectivity index (χ2n) is 4.37. The van der Waals surface area contributed by atoms with E-state index in [2.05, 4.69) is 4.72 Å². The average molecular weight is 330 g/mol. The van der Waals surface area contributed by atoms with Crippen LogP contribution in [-0.4, -0.2) is 20.1 Å². The van der Waals surface area contributed by atoms with Crippen LogP contribution in [0.5, 0.6) is 0 Å². The molecule has 0 fully saturated rings. The lowest BCUT2D eigenvalue weighted by Gasteiger charge is -2.12. The molecule has 0 saturated heterocycles. The molecule has 2 N–H and O–H groups in total. The molecule has 0 aliphatic rings. The van der Waals surface area contributed by atoms with E-state index in [-0.39, 0.29) is 11.4 Å². The van der Waals surface area contributed by atoms with E-state index in [4.69, 9.17) is 11.6 Å². The van der Waals surface area contributed by atoms with Crippen molar-refractivity contribution in [2.24, 2.45) is 0 Å². The third kappa shape index (κ3) is 4.25. The molecule has 4 nitrogen and oxygen atoms in total. The van der Waals surface area contributed by atoms with Crippen LogP contribution in [0.4, 0.5) is 4.39 Å². The summed E-state index contributed by atoms with van der Waals surface area (Å²) in [5.74, 6) is -0.423. The number of rotatable bonds is 5. The summed E-state index contributed by atoms with van der Waals surface area (Å²) in [7, 11) is -3.73. The number of aliphatic hydroxyl groups is 1. The zero-order valence-corrected chi connectivity index (χ0v) is 12.4. The fourth-order valence-electron chi connectivity index (χ4n) is 1.69. The maximum Gasteiger partial charge on any atom is 0.240 e. The van der Waals surface area contributed by atoms with Crippen molar-refractivity contribution in [3.63, 3.8) is 0 Å². The van der Waals surface area contributed by atoms with Gasteiger partial charge in [0.2, 0.25) is 10.0 Å². The Hall–Kier alpha value is -1.47. The van der Waals surface area contributed by atoms with Gasteiger partial charge in [-0.15, -0.1) is 0 Å². The van der Waals surface area contributed by atoms with Crippen molar-refractivity contribution in [3.05, 3.63) is 64.9 Å². The summed E-state index contributed by atoms with van der Waals surface area (Å²) in [6.07, 6.45) is -1.06. The van der Waals surface area contributed by atoms with Crippen LogP contribution in [0.3, 0.4) is 0 Å². The highest BCUT2D eigenvalue weighted by atomic mass is 35.5. The fourth-order valence-corrected chi connectivity index (χ4v) is 2.85. The molecule has 0 saturated carbocycles. The van der Waals surface area contributed by atoms with Crippen LogP contribution < -0.4 is 4.72 Å². The van der Waals surface area contributed by atoms with Crippen molar-refractivity contribution in [2.75, 3.05) is 6.54 Å². The van der Waals surface area contributed by atoms with Crippen molar-refractivity contribution in [1.82, 2.24) is 4.72 Å². The van der Waals surface area contributed by atoms with E-state index in [1.807, 2.05) is 0 Å². The molecule has 0 aromatic heterocycles. The Morgan fingerprint density at radius 3 is 2.24 bits per heavy atom. The first-order valence-corrected chi connectivity index (χ1v) is 7.93. The molecule has 0 aliphatic carbocycles. The summed E-state index contributed by atoms with van der Waals surface area (Å²) in [6, 6.07) is 10.9. The molecule has 2 rings (SSSR count). The van der Waals surface area contributed by atoms with Crippen LogP contribution in [0.15, 0.2) is 53.4 Å². The molecule has 21 heavy (non-hydrogen) atoms. The Kier molecular flexibility index (Phi) is 4.95. The van der Waals surface area contributed by atoms with Gasteiger partial charge in [0.15, 0.2) is 0 Å². The highest BCUT2D eigenvalue weighted by molar-refractivity contribution is 7.89. The van der Waals surface area contributed by atoms with Crippen LogP contribution in [-0.2, 0) is 10.0 Å². The number of hydrogen-bond acceptors (Lipinski definition) is 3. The fraction of sp³-hybridized carbons (Fsp3) is 0.143. The third-order valence-electron chi connectivity index (χ3n) is 2.85. The number of hydrogen-bond donors (Lipinski definition) is 2. The SMILES string of the molecule is O=S(=O)(NCC(O)c1ccc(F)cc1)c1ccc(Cl)cc1. The Morgan fingerprint density at radius 2 is 1.67 bits per heavy atom. The van der Waals surface area contributed by atoms with Gasteiger partial charge in [-0.3, -0.25) is 0 Å². The Labute approximate surface area is 127 Å². The third-order valence-corrected chi connectivity index (χ3v) is 4.54. The van der Waals surface area contributed by atoms with Gasteiger partial charge in [-0.1, -0.05) is 23.7 Å².